The van der Waals surface area contributed by atoms with Crippen LogP contribution in [0.25, 0.3) is 10.9 Å². The third-order valence-corrected chi connectivity index (χ3v) is 6.48. The molecule has 8 heteroatoms. The molecule has 0 bridgehead atoms. The Bertz CT molecular complexity index is 1040. The van der Waals surface area contributed by atoms with Crippen LogP contribution in [-0.4, -0.2) is 13.4 Å². The standard InChI is InChI=1S/C15H7Cl4NO2S/c16-8-1-4-13-10(5-8)15(19)14(7-20-13)23(21,22)9-2-3-11(17)12(18)6-9/h1-7H. The summed E-state index contributed by atoms with van der Waals surface area (Å²) in [6.45, 7) is 0. The third kappa shape index (κ3) is 3.02. The van der Waals surface area contributed by atoms with E-state index in [1.165, 1.54) is 24.4 Å². The first-order chi connectivity index (χ1) is 10.8. The Morgan fingerprint density at radius 3 is 2.30 bits per heavy atom. The summed E-state index contributed by atoms with van der Waals surface area (Å²) in [7, 11) is -3.89. The number of halogens is 4. The predicted octanol–water partition coefficient (Wildman–Crippen LogP) is 5.68. The fraction of sp³-hybridized carbons (Fsp3) is 0. The van der Waals surface area contributed by atoms with Crippen LogP contribution in [0.5, 0.6) is 0 Å². The van der Waals surface area contributed by atoms with Gasteiger partial charge >= 0.3 is 0 Å². The first kappa shape index (κ1) is 16.8. The zero-order valence-corrected chi connectivity index (χ0v) is 15.1. The number of fused-ring (bicyclic) bond motifs is 1. The van der Waals surface area contributed by atoms with E-state index in [-0.39, 0.29) is 24.9 Å². The zero-order valence-electron chi connectivity index (χ0n) is 11.2. The predicted molar refractivity (Wildman–Crippen MR) is 93.7 cm³/mol. The van der Waals surface area contributed by atoms with Crippen molar-refractivity contribution in [3.63, 3.8) is 0 Å². The number of benzene rings is 2. The van der Waals surface area contributed by atoms with Gasteiger partial charge in [-0.25, -0.2) is 8.42 Å². The summed E-state index contributed by atoms with van der Waals surface area (Å²) in [6.07, 6.45) is 1.22. The molecule has 0 fully saturated rings. The maximum absolute atomic E-state index is 12.8. The second kappa shape index (κ2) is 6.11. The molecule has 3 aromatic rings. The van der Waals surface area contributed by atoms with E-state index in [4.69, 9.17) is 46.4 Å². The summed E-state index contributed by atoms with van der Waals surface area (Å²) >= 11 is 24.0. The molecule has 0 N–H and O–H groups in total. The lowest BCUT2D eigenvalue weighted by molar-refractivity contribution is 0.596. The fourth-order valence-corrected chi connectivity index (χ4v) is 4.42. The van der Waals surface area contributed by atoms with Gasteiger partial charge in [0.1, 0.15) is 4.90 Å². The molecule has 0 unspecified atom stereocenters. The summed E-state index contributed by atoms with van der Waals surface area (Å²) < 4.78 is 25.6. The SMILES string of the molecule is O=S(=O)(c1ccc(Cl)c(Cl)c1)c1cnc2ccc(Cl)cc2c1Cl. The van der Waals surface area contributed by atoms with Crippen molar-refractivity contribution in [2.75, 3.05) is 0 Å². The van der Waals surface area contributed by atoms with Crippen molar-refractivity contribution in [3.8, 4) is 0 Å². The largest absolute Gasteiger partial charge is 0.255 e. The molecule has 0 atom stereocenters. The van der Waals surface area contributed by atoms with Crippen LogP contribution in [-0.2, 0) is 9.84 Å². The zero-order chi connectivity index (χ0) is 16.8. The molecule has 23 heavy (non-hydrogen) atoms. The van der Waals surface area contributed by atoms with Crippen molar-refractivity contribution in [2.45, 2.75) is 9.79 Å². The van der Waals surface area contributed by atoms with E-state index in [1.807, 2.05) is 0 Å². The molecule has 1 heterocycles. The van der Waals surface area contributed by atoms with Gasteiger partial charge in [-0.3, -0.25) is 4.98 Å². The minimum absolute atomic E-state index is 0.0167. The average molecular weight is 407 g/mol. The van der Waals surface area contributed by atoms with Gasteiger partial charge in [0.2, 0.25) is 9.84 Å². The van der Waals surface area contributed by atoms with Crippen molar-refractivity contribution < 1.29 is 8.42 Å². The van der Waals surface area contributed by atoms with Gasteiger partial charge in [-0.1, -0.05) is 46.4 Å². The summed E-state index contributed by atoms with van der Waals surface area (Å²) in [6, 6.07) is 8.94. The Morgan fingerprint density at radius 1 is 0.870 bits per heavy atom. The topological polar surface area (TPSA) is 47.0 Å². The molecule has 0 aliphatic carbocycles. The van der Waals surface area contributed by atoms with Crippen LogP contribution in [0.2, 0.25) is 20.1 Å². The number of rotatable bonds is 2. The van der Waals surface area contributed by atoms with Crippen molar-refractivity contribution in [3.05, 3.63) is 62.7 Å². The van der Waals surface area contributed by atoms with Crippen LogP contribution in [0.15, 0.2) is 52.4 Å². The Labute approximate surface area is 152 Å². The molecular weight excluding hydrogens is 400 g/mol. The molecule has 0 amide bonds. The second-order valence-corrected chi connectivity index (χ2v) is 8.22. The van der Waals surface area contributed by atoms with E-state index in [1.54, 1.807) is 18.2 Å². The average Bonchev–Trinajstić information content (AvgIpc) is 2.50. The van der Waals surface area contributed by atoms with Crippen LogP contribution < -0.4 is 0 Å². The molecule has 0 saturated heterocycles. The number of aromatic nitrogens is 1. The third-order valence-electron chi connectivity index (χ3n) is 3.22. The van der Waals surface area contributed by atoms with Gasteiger partial charge in [0.05, 0.1) is 25.5 Å². The van der Waals surface area contributed by atoms with E-state index in [0.29, 0.717) is 15.9 Å². The van der Waals surface area contributed by atoms with Crippen molar-refractivity contribution in [2.24, 2.45) is 0 Å². The Balaban J connectivity index is 2.26. The number of nitrogens with zero attached hydrogens (tertiary/aromatic N) is 1. The van der Waals surface area contributed by atoms with Crippen LogP contribution in [0.1, 0.15) is 0 Å². The number of hydrogen-bond donors (Lipinski definition) is 0. The molecular formula is C15H7Cl4NO2S. The maximum atomic E-state index is 12.8. The van der Waals surface area contributed by atoms with Crippen LogP contribution in [0.4, 0.5) is 0 Å². The van der Waals surface area contributed by atoms with Gasteiger partial charge < -0.3 is 0 Å². The highest BCUT2D eigenvalue weighted by Gasteiger charge is 2.23. The molecule has 0 saturated carbocycles. The first-order valence-corrected chi connectivity index (χ1v) is 9.24. The fourth-order valence-electron chi connectivity index (χ4n) is 2.07. The minimum Gasteiger partial charge on any atom is -0.255 e. The highest BCUT2D eigenvalue weighted by Crippen LogP contribution is 2.35. The Hall–Kier alpha value is -1.04. The van der Waals surface area contributed by atoms with Gasteiger partial charge in [0.25, 0.3) is 0 Å². The van der Waals surface area contributed by atoms with Crippen LogP contribution in [0, 0.1) is 0 Å². The summed E-state index contributed by atoms with van der Waals surface area (Å²) in [4.78, 5) is 4.00. The molecule has 118 valence electrons. The summed E-state index contributed by atoms with van der Waals surface area (Å²) in [5.41, 5.74) is 0.549. The van der Waals surface area contributed by atoms with Gasteiger partial charge in [0.15, 0.2) is 0 Å². The van der Waals surface area contributed by atoms with Crippen molar-refractivity contribution >= 4 is 67.1 Å². The number of hydrogen-bond acceptors (Lipinski definition) is 3. The molecule has 1 aromatic heterocycles. The van der Waals surface area contributed by atoms with E-state index >= 15 is 0 Å². The van der Waals surface area contributed by atoms with Crippen LogP contribution >= 0.6 is 46.4 Å². The van der Waals surface area contributed by atoms with Gasteiger partial charge in [-0.05, 0) is 36.4 Å². The van der Waals surface area contributed by atoms with E-state index in [2.05, 4.69) is 4.98 Å². The van der Waals surface area contributed by atoms with E-state index in [9.17, 15) is 8.42 Å². The summed E-state index contributed by atoms with van der Waals surface area (Å²) in [5.74, 6) is 0. The van der Waals surface area contributed by atoms with Crippen LogP contribution in [0.3, 0.4) is 0 Å². The molecule has 3 nitrogen and oxygen atoms in total. The molecule has 0 radical (unpaired) electrons. The lowest BCUT2D eigenvalue weighted by Crippen LogP contribution is -2.04. The number of pyridine rings is 1. The number of sulfone groups is 1. The van der Waals surface area contributed by atoms with Crippen molar-refractivity contribution in [1.29, 1.82) is 0 Å². The Morgan fingerprint density at radius 2 is 1.61 bits per heavy atom. The van der Waals surface area contributed by atoms with Gasteiger partial charge in [-0.2, -0.15) is 0 Å². The first-order valence-electron chi connectivity index (χ1n) is 6.24. The lowest BCUT2D eigenvalue weighted by Gasteiger charge is -2.09. The minimum atomic E-state index is -3.89. The summed E-state index contributed by atoms with van der Waals surface area (Å²) in [5, 5.41) is 1.36. The van der Waals surface area contributed by atoms with Crippen molar-refractivity contribution in [1.82, 2.24) is 4.98 Å². The maximum Gasteiger partial charge on any atom is 0.209 e. The molecule has 2 aromatic carbocycles. The Kier molecular flexibility index (Phi) is 4.47. The highest BCUT2D eigenvalue weighted by atomic mass is 35.5. The molecule has 0 aliphatic rings. The van der Waals surface area contributed by atoms with E-state index < -0.39 is 9.84 Å². The van der Waals surface area contributed by atoms with E-state index in [0.717, 1.165) is 0 Å². The molecule has 0 spiro atoms. The van der Waals surface area contributed by atoms with Gasteiger partial charge in [-0.15, -0.1) is 0 Å². The lowest BCUT2D eigenvalue weighted by atomic mass is 10.2. The molecule has 3 rings (SSSR count). The normalized spacial score (nSPS) is 11.8. The highest BCUT2D eigenvalue weighted by molar-refractivity contribution is 7.91. The monoisotopic (exact) mass is 405 g/mol. The second-order valence-electron chi connectivity index (χ2n) is 4.68. The molecule has 0 aliphatic heterocycles. The van der Waals surface area contributed by atoms with Gasteiger partial charge in [0, 0.05) is 16.6 Å². The smallest absolute Gasteiger partial charge is 0.209 e. The quantitative estimate of drug-likeness (QED) is 0.549.